The molecule has 0 bridgehead atoms. The Kier molecular flexibility index (Phi) is 6.15. The van der Waals surface area contributed by atoms with Crippen LogP contribution in [0.4, 0.5) is 0 Å². The average Bonchev–Trinajstić information content (AvgIpc) is 2.63. The molecule has 0 aliphatic heterocycles. The number of hydrogen-bond donors (Lipinski definition) is 3. The average molecular weight is 476 g/mol. The van der Waals surface area contributed by atoms with Gasteiger partial charge in [0.1, 0.15) is 5.75 Å². The van der Waals surface area contributed by atoms with Crippen LogP contribution in [0.3, 0.4) is 0 Å². The second-order valence-corrected chi connectivity index (χ2v) is 7.69. The van der Waals surface area contributed by atoms with Crippen LogP contribution in [0, 0.1) is 3.57 Å². The van der Waals surface area contributed by atoms with E-state index in [0.29, 0.717) is 28.6 Å². The van der Waals surface area contributed by atoms with Crippen LogP contribution in [-0.2, 0) is 13.0 Å². The van der Waals surface area contributed by atoms with Gasteiger partial charge in [0.05, 0.1) is 12.1 Å². The lowest BCUT2D eigenvalue weighted by molar-refractivity contribution is 0.452. The predicted octanol–water partition coefficient (Wildman–Crippen LogP) is 4.51. The van der Waals surface area contributed by atoms with Gasteiger partial charge in [-0.25, -0.2) is 0 Å². The summed E-state index contributed by atoms with van der Waals surface area (Å²) >= 11 is 2.16. The molecule has 140 valence electrons. The van der Waals surface area contributed by atoms with E-state index in [1.165, 1.54) is 0 Å². The van der Waals surface area contributed by atoms with Crippen molar-refractivity contribution in [1.82, 2.24) is 4.98 Å². The zero-order chi connectivity index (χ0) is 19.4. The number of hydrogen-bond acceptors (Lipinski definition) is 4. The molecular weight excluding hydrogens is 455 g/mol. The van der Waals surface area contributed by atoms with E-state index in [2.05, 4.69) is 39.5 Å². The minimum atomic E-state index is -0.330. The molecule has 0 atom stereocenters. The topological polar surface area (TPSA) is 85.7 Å². The van der Waals surface area contributed by atoms with Crippen molar-refractivity contribution in [2.45, 2.75) is 32.7 Å². The number of fused-ring (bicyclic) bond motifs is 1. The second kappa shape index (κ2) is 8.56. The van der Waals surface area contributed by atoms with E-state index in [1.54, 1.807) is 18.3 Å². The van der Waals surface area contributed by atoms with Crippen molar-refractivity contribution in [2.24, 2.45) is 4.99 Å². The molecule has 27 heavy (non-hydrogen) atoms. The van der Waals surface area contributed by atoms with Crippen molar-refractivity contribution in [3.05, 3.63) is 67.0 Å². The van der Waals surface area contributed by atoms with Crippen molar-refractivity contribution in [3.8, 4) is 11.6 Å². The number of rotatable bonds is 6. The number of halogens is 1. The molecule has 6 heteroatoms. The Balaban J connectivity index is 1.86. The molecule has 0 radical (unpaired) electrons. The van der Waals surface area contributed by atoms with E-state index in [0.717, 1.165) is 34.0 Å². The van der Waals surface area contributed by atoms with E-state index in [1.807, 2.05) is 24.3 Å². The van der Waals surface area contributed by atoms with Gasteiger partial charge in [0, 0.05) is 20.6 Å². The van der Waals surface area contributed by atoms with Gasteiger partial charge in [-0.15, -0.1) is 0 Å². The van der Waals surface area contributed by atoms with Crippen molar-refractivity contribution < 1.29 is 10.2 Å². The summed E-state index contributed by atoms with van der Waals surface area (Å²) in [5.74, 6) is 0.0963. The Labute approximate surface area is 170 Å². The molecule has 0 aliphatic carbocycles. The molecule has 0 fully saturated rings. The number of pyridine rings is 1. The first-order valence-corrected chi connectivity index (χ1v) is 9.92. The fourth-order valence-corrected chi connectivity index (χ4v) is 3.46. The highest BCUT2D eigenvalue weighted by molar-refractivity contribution is 14.1. The van der Waals surface area contributed by atoms with Crippen LogP contribution < -0.4 is 5.56 Å². The Morgan fingerprint density at radius 1 is 1.15 bits per heavy atom. The summed E-state index contributed by atoms with van der Waals surface area (Å²) in [5.41, 5.74) is 1.98. The molecule has 1 heterocycles. The van der Waals surface area contributed by atoms with Crippen LogP contribution in [0.25, 0.3) is 10.8 Å². The summed E-state index contributed by atoms with van der Waals surface area (Å²) in [6.07, 6.45) is 4.55. The van der Waals surface area contributed by atoms with Crippen molar-refractivity contribution in [3.63, 3.8) is 0 Å². The first-order valence-electron chi connectivity index (χ1n) is 8.84. The highest BCUT2D eigenvalue weighted by Crippen LogP contribution is 2.24. The summed E-state index contributed by atoms with van der Waals surface area (Å²) in [5, 5.41) is 21.5. The van der Waals surface area contributed by atoms with E-state index in [9.17, 15) is 15.0 Å². The van der Waals surface area contributed by atoms with Crippen LogP contribution in [-0.4, -0.2) is 21.4 Å². The molecule has 3 N–H and O–H groups in total. The quantitative estimate of drug-likeness (QED) is 0.362. The number of phenolic OH excluding ortho intramolecular Hbond substituents is 1. The molecule has 0 amide bonds. The molecular formula is C21H21IN2O3. The fourth-order valence-electron chi connectivity index (χ4n) is 2.97. The van der Waals surface area contributed by atoms with Crippen LogP contribution in [0.1, 0.15) is 36.5 Å². The Morgan fingerprint density at radius 2 is 1.96 bits per heavy atom. The maximum atomic E-state index is 12.0. The Bertz CT molecular complexity index is 1060. The number of nitrogens with one attached hydrogen (secondary N) is 1. The molecule has 0 unspecified atom stereocenters. The van der Waals surface area contributed by atoms with Crippen molar-refractivity contribution in [2.75, 3.05) is 0 Å². The number of aryl methyl sites for hydroxylation is 1. The Morgan fingerprint density at radius 3 is 2.70 bits per heavy atom. The Hall–Kier alpha value is -2.35. The number of unbranched alkanes of at least 4 members (excludes halogenated alkanes) is 1. The van der Waals surface area contributed by atoms with Gasteiger partial charge in [0.2, 0.25) is 5.88 Å². The number of aromatic amines is 1. The van der Waals surface area contributed by atoms with Crippen LogP contribution >= 0.6 is 22.6 Å². The second-order valence-electron chi connectivity index (χ2n) is 6.44. The van der Waals surface area contributed by atoms with E-state index >= 15 is 0 Å². The lowest BCUT2D eigenvalue weighted by atomic mass is 10.0. The van der Waals surface area contributed by atoms with Gasteiger partial charge in [-0.3, -0.25) is 14.8 Å². The lowest BCUT2D eigenvalue weighted by Gasteiger charge is -2.07. The zero-order valence-corrected chi connectivity index (χ0v) is 17.2. The molecule has 0 aliphatic rings. The monoisotopic (exact) mass is 476 g/mol. The molecule has 1 aromatic heterocycles. The normalized spacial score (nSPS) is 11.5. The first-order chi connectivity index (χ1) is 13.0. The zero-order valence-electron chi connectivity index (χ0n) is 15.0. The largest absolute Gasteiger partial charge is 0.508 e. The number of H-pyrrole nitrogens is 1. The molecule has 0 spiro atoms. The van der Waals surface area contributed by atoms with E-state index in [4.69, 9.17) is 0 Å². The molecule has 0 saturated heterocycles. The third-order valence-electron chi connectivity index (χ3n) is 4.45. The van der Waals surface area contributed by atoms with Gasteiger partial charge in [0.25, 0.3) is 5.56 Å². The van der Waals surface area contributed by atoms with Gasteiger partial charge in [0.15, 0.2) is 0 Å². The molecule has 3 aromatic rings. The molecule has 5 nitrogen and oxygen atoms in total. The summed E-state index contributed by atoms with van der Waals surface area (Å²) in [6.45, 7) is 2.49. The summed E-state index contributed by atoms with van der Waals surface area (Å²) in [4.78, 5) is 18.9. The van der Waals surface area contributed by atoms with Crippen molar-refractivity contribution >= 4 is 39.6 Å². The van der Waals surface area contributed by atoms with E-state index in [-0.39, 0.29) is 11.4 Å². The summed E-state index contributed by atoms with van der Waals surface area (Å²) in [7, 11) is 0. The number of benzene rings is 2. The van der Waals surface area contributed by atoms with Crippen LogP contribution in [0.2, 0.25) is 0 Å². The third kappa shape index (κ3) is 4.50. The lowest BCUT2D eigenvalue weighted by Crippen LogP contribution is -2.08. The fraction of sp³-hybridized carbons (Fsp3) is 0.238. The van der Waals surface area contributed by atoms with Gasteiger partial charge in [-0.05, 0) is 70.8 Å². The maximum absolute atomic E-state index is 12.0. The van der Waals surface area contributed by atoms with Gasteiger partial charge >= 0.3 is 0 Å². The standard InChI is InChI=1S/C21H21IN2O3/c1-2-3-4-14-6-5-13(9-19(14)25)11-23-12-18-17-10-15(22)7-8-16(17)20(26)24-21(18)27/h5-10,12,25H,2-4,11H2,1H3,(H2,24,26,27). The summed E-state index contributed by atoms with van der Waals surface area (Å²) < 4.78 is 0.965. The minimum Gasteiger partial charge on any atom is -0.508 e. The van der Waals surface area contributed by atoms with Gasteiger partial charge in [-0.2, -0.15) is 0 Å². The maximum Gasteiger partial charge on any atom is 0.258 e. The van der Waals surface area contributed by atoms with Gasteiger partial charge in [-0.1, -0.05) is 25.5 Å². The van der Waals surface area contributed by atoms with Crippen molar-refractivity contribution in [1.29, 1.82) is 0 Å². The van der Waals surface area contributed by atoms with Gasteiger partial charge < -0.3 is 10.2 Å². The smallest absolute Gasteiger partial charge is 0.258 e. The highest BCUT2D eigenvalue weighted by Gasteiger charge is 2.10. The number of phenols is 1. The van der Waals surface area contributed by atoms with Crippen LogP contribution in [0.5, 0.6) is 11.6 Å². The highest BCUT2D eigenvalue weighted by atomic mass is 127. The molecule has 2 aromatic carbocycles. The predicted molar refractivity (Wildman–Crippen MR) is 117 cm³/mol. The first kappa shape index (κ1) is 19.4. The van der Waals surface area contributed by atoms with E-state index < -0.39 is 0 Å². The third-order valence-corrected chi connectivity index (χ3v) is 5.12. The number of nitrogens with zero attached hydrogens (tertiary/aromatic N) is 1. The number of aromatic hydroxyl groups is 2. The van der Waals surface area contributed by atoms with Crippen LogP contribution in [0.15, 0.2) is 46.2 Å². The SMILES string of the molecule is CCCCc1ccc(CN=Cc2c(O)[nH]c(=O)c3ccc(I)cc23)cc1O. The molecule has 3 rings (SSSR count). The number of aliphatic imine (C=N–C) groups is 1. The minimum absolute atomic E-state index is 0.198. The number of aromatic nitrogens is 1. The molecule has 0 saturated carbocycles. The summed E-state index contributed by atoms with van der Waals surface area (Å²) in [6, 6.07) is 11.1.